The highest BCUT2D eigenvalue weighted by Crippen LogP contribution is 2.19. The Balaban J connectivity index is 3.17. The van der Waals surface area contributed by atoms with Gasteiger partial charge in [0.2, 0.25) is 15.9 Å². The topological polar surface area (TPSA) is 92.5 Å². The molecule has 1 aromatic rings. The second kappa shape index (κ2) is 6.65. The van der Waals surface area contributed by atoms with Crippen LogP contribution in [0.15, 0.2) is 29.2 Å². The first kappa shape index (κ1) is 15.6. The molecule has 0 unspecified atom stereocenters. The summed E-state index contributed by atoms with van der Waals surface area (Å²) in [6, 6.07) is 6.54. The van der Waals surface area contributed by atoms with Crippen LogP contribution in [0, 0.1) is 0 Å². The molecular weight excluding hydrogens is 266 g/mol. The van der Waals surface area contributed by atoms with E-state index in [2.05, 4.69) is 5.32 Å². The molecule has 0 bridgehead atoms. The first-order valence-corrected chi connectivity index (χ1v) is 7.40. The molecule has 0 spiro atoms. The van der Waals surface area contributed by atoms with Crippen LogP contribution in [0.5, 0.6) is 0 Å². The molecule has 0 saturated carbocycles. The average molecular weight is 285 g/mol. The minimum Gasteiger partial charge on any atom is -0.358 e. The Kier molecular flexibility index (Phi) is 5.46. The van der Waals surface area contributed by atoms with Crippen LogP contribution in [-0.2, 0) is 21.4 Å². The molecule has 0 aliphatic heterocycles. The number of hydrogen-bond acceptors (Lipinski definition) is 4. The number of sulfonamides is 1. The predicted octanol–water partition coefficient (Wildman–Crippen LogP) is -0.0981. The Morgan fingerprint density at radius 3 is 2.53 bits per heavy atom. The van der Waals surface area contributed by atoms with Crippen LogP contribution in [-0.4, -0.2) is 38.8 Å². The normalized spacial score (nSPS) is 11.6. The lowest BCUT2D eigenvalue weighted by Gasteiger charge is -2.21. The van der Waals surface area contributed by atoms with Gasteiger partial charge in [-0.05, 0) is 11.6 Å². The SMILES string of the molecule is CCN(CC(=O)NC)S(=O)(=O)c1ccccc1CN. The summed E-state index contributed by atoms with van der Waals surface area (Å²) in [5.74, 6) is -0.351. The molecule has 0 fully saturated rings. The quantitative estimate of drug-likeness (QED) is 0.763. The van der Waals surface area contributed by atoms with Gasteiger partial charge in [0, 0.05) is 20.1 Å². The van der Waals surface area contributed by atoms with Crippen molar-refractivity contribution in [3.63, 3.8) is 0 Å². The number of carbonyl (C=O) groups is 1. The number of rotatable bonds is 6. The molecule has 1 rings (SSSR count). The van der Waals surface area contributed by atoms with E-state index in [0.29, 0.717) is 5.56 Å². The lowest BCUT2D eigenvalue weighted by Crippen LogP contribution is -2.39. The van der Waals surface area contributed by atoms with Gasteiger partial charge in [-0.3, -0.25) is 4.79 Å². The minimum atomic E-state index is -3.71. The zero-order valence-corrected chi connectivity index (χ0v) is 11.9. The van der Waals surface area contributed by atoms with Crippen LogP contribution in [0.2, 0.25) is 0 Å². The first-order chi connectivity index (χ1) is 8.97. The van der Waals surface area contributed by atoms with Gasteiger partial charge in [-0.15, -0.1) is 0 Å². The van der Waals surface area contributed by atoms with E-state index in [1.165, 1.54) is 13.1 Å². The molecule has 0 heterocycles. The highest BCUT2D eigenvalue weighted by molar-refractivity contribution is 7.89. The molecule has 0 atom stereocenters. The molecule has 1 aromatic carbocycles. The van der Waals surface area contributed by atoms with Gasteiger partial charge in [0.15, 0.2) is 0 Å². The third-order valence-corrected chi connectivity index (χ3v) is 4.78. The van der Waals surface area contributed by atoms with Crippen molar-refractivity contribution in [3.05, 3.63) is 29.8 Å². The maximum Gasteiger partial charge on any atom is 0.243 e. The van der Waals surface area contributed by atoms with Crippen molar-refractivity contribution >= 4 is 15.9 Å². The number of nitrogens with two attached hydrogens (primary N) is 1. The summed E-state index contributed by atoms with van der Waals surface area (Å²) in [7, 11) is -2.24. The van der Waals surface area contributed by atoms with Crippen molar-refractivity contribution in [2.24, 2.45) is 5.73 Å². The standard InChI is InChI=1S/C12H19N3O3S/c1-3-15(9-12(16)14-2)19(17,18)11-7-5-4-6-10(11)8-13/h4-7H,3,8-9,13H2,1-2H3,(H,14,16). The van der Waals surface area contributed by atoms with Crippen LogP contribution in [0.3, 0.4) is 0 Å². The average Bonchev–Trinajstić information content (AvgIpc) is 2.43. The molecule has 3 N–H and O–H groups in total. The van der Waals surface area contributed by atoms with Gasteiger partial charge in [0.1, 0.15) is 0 Å². The molecular formula is C12H19N3O3S. The van der Waals surface area contributed by atoms with Gasteiger partial charge >= 0.3 is 0 Å². The van der Waals surface area contributed by atoms with Crippen LogP contribution >= 0.6 is 0 Å². The summed E-state index contributed by atoms with van der Waals surface area (Å²) in [4.78, 5) is 11.5. The monoisotopic (exact) mass is 285 g/mol. The van der Waals surface area contributed by atoms with Crippen LogP contribution in [0.25, 0.3) is 0 Å². The van der Waals surface area contributed by atoms with E-state index in [-0.39, 0.29) is 30.4 Å². The number of carbonyl (C=O) groups excluding carboxylic acids is 1. The second-order valence-corrected chi connectivity index (χ2v) is 5.82. The summed E-state index contributed by atoms with van der Waals surface area (Å²) < 4.78 is 26.1. The molecule has 19 heavy (non-hydrogen) atoms. The Hall–Kier alpha value is -1.44. The van der Waals surface area contributed by atoms with E-state index in [1.807, 2.05) is 0 Å². The molecule has 106 valence electrons. The second-order valence-electron chi connectivity index (χ2n) is 3.92. The molecule has 0 aliphatic carbocycles. The van der Waals surface area contributed by atoms with Crippen LogP contribution in [0.1, 0.15) is 12.5 Å². The minimum absolute atomic E-state index is 0.132. The van der Waals surface area contributed by atoms with Gasteiger partial charge < -0.3 is 11.1 Å². The molecule has 0 radical (unpaired) electrons. The highest BCUT2D eigenvalue weighted by atomic mass is 32.2. The Bertz CT molecular complexity index is 543. The lowest BCUT2D eigenvalue weighted by molar-refractivity contribution is -0.120. The van der Waals surface area contributed by atoms with Crippen molar-refractivity contribution in [2.75, 3.05) is 20.1 Å². The van der Waals surface area contributed by atoms with Gasteiger partial charge in [-0.2, -0.15) is 4.31 Å². The van der Waals surface area contributed by atoms with Gasteiger partial charge in [-0.1, -0.05) is 25.1 Å². The summed E-state index contributed by atoms with van der Waals surface area (Å²) in [6.45, 7) is 1.83. The summed E-state index contributed by atoms with van der Waals surface area (Å²) in [5, 5.41) is 2.41. The zero-order chi connectivity index (χ0) is 14.5. The summed E-state index contributed by atoms with van der Waals surface area (Å²) in [5.41, 5.74) is 6.09. The van der Waals surface area contributed by atoms with E-state index in [4.69, 9.17) is 5.73 Å². The summed E-state index contributed by atoms with van der Waals surface area (Å²) >= 11 is 0. The fraction of sp³-hybridized carbons (Fsp3) is 0.417. The van der Waals surface area contributed by atoms with E-state index >= 15 is 0 Å². The fourth-order valence-corrected chi connectivity index (χ4v) is 3.31. The number of likely N-dealkylation sites (N-methyl/N-ethyl adjacent to an activating group) is 2. The number of benzene rings is 1. The smallest absolute Gasteiger partial charge is 0.243 e. The molecule has 1 amide bonds. The molecule has 0 aliphatic rings. The third-order valence-electron chi connectivity index (χ3n) is 2.76. The van der Waals surface area contributed by atoms with Crippen molar-refractivity contribution in [1.29, 1.82) is 0 Å². The van der Waals surface area contributed by atoms with Crippen molar-refractivity contribution in [3.8, 4) is 0 Å². The van der Waals surface area contributed by atoms with Crippen molar-refractivity contribution in [2.45, 2.75) is 18.4 Å². The maximum atomic E-state index is 12.5. The Labute approximate surface area is 113 Å². The molecule has 0 aromatic heterocycles. The van der Waals surface area contributed by atoms with Gasteiger partial charge in [0.05, 0.1) is 11.4 Å². The van der Waals surface area contributed by atoms with Gasteiger partial charge in [0.25, 0.3) is 0 Å². The van der Waals surface area contributed by atoms with E-state index in [0.717, 1.165) is 4.31 Å². The number of nitrogens with one attached hydrogen (secondary N) is 1. The Morgan fingerprint density at radius 1 is 1.37 bits per heavy atom. The zero-order valence-electron chi connectivity index (χ0n) is 11.1. The largest absolute Gasteiger partial charge is 0.358 e. The number of hydrogen-bond donors (Lipinski definition) is 2. The van der Waals surface area contributed by atoms with Crippen LogP contribution < -0.4 is 11.1 Å². The molecule has 7 heteroatoms. The van der Waals surface area contributed by atoms with E-state index < -0.39 is 10.0 Å². The molecule has 6 nitrogen and oxygen atoms in total. The molecule has 0 saturated heterocycles. The fourth-order valence-electron chi connectivity index (χ4n) is 1.67. The Morgan fingerprint density at radius 2 is 2.00 bits per heavy atom. The summed E-state index contributed by atoms with van der Waals surface area (Å²) in [6.07, 6.45) is 0. The van der Waals surface area contributed by atoms with E-state index in [9.17, 15) is 13.2 Å². The third kappa shape index (κ3) is 3.52. The van der Waals surface area contributed by atoms with Gasteiger partial charge in [-0.25, -0.2) is 8.42 Å². The predicted molar refractivity (Wildman–Crippen MR) is 72.8 cm³/mol. The number of amides is 1. The first-order valence-electron chi connectivity index (χ1n) is 5.96. The highest BCUT2D eigenvalue weighted by Gasteiger charge is 2.26. The lowest BCUT2D eigenvalue weighted by atomic mass is 10.2. The van der Waals surface area contributed by atoms with E-state index in [1.54, 1.807) is 25.1 Å². The van der Waals surface area contributed by atoms with Crippen LogP contribution in [0.4, 0.5) is 0 Å². The van der Waals surface area contributed by atoms with Crippen molar-refractivity contribution in [1.82, 2.24) is 9.62 Å². The maximum absolute atomic E-state index is 12.5. The van der Waals surface area contributed by atoms with Crippen molar-refractivity contribution < 1.29 is 13.2 Å². The number of nitrogens with zero attached hydrogens (tertiary/aromatic N) is 1.